The van der Waals surface area contributed by atoms with Crippen LogP contribution in [-0.4, -0.2) is 59.7 Å². The zero-order valence-corrected chi connectivity index (χ0v) is 15.9. The fourth-order valence-electron chi connectivity index (χ4n) is 4.69. The van der Waals surface area contributed by atoms with Gasteiger partial charge in [0.25, 0.3) is 0 Å². The maximum atomic E-state index is 6.00. The highest BCUT2D eigenvalue weighted by molar-refractivity contribution is 5.10. The monoisotopic (exact) mass is 343 g/mol. The summed E-state index contributed by atoms with van der Waals surface area (Å²) >= 11 is 0. The number of ether oxygens (including phenoxy) is 1. The van der Waals surface area contributed by atoms with Crippen LogP contribution in [0.2, 0.25) is 0 Å². The SMILES string of the molecule is Cc1cccc(CN2CCC3(CCC(COCC4CC4)N3C)CC2)n1. The molecular formula is C21H33N3O. The average molecular weight is 344 g/mol. The van der Waals surface area contributed by atoms with Gasteiger partial charge in [0.05, 0.1) is 12.3 Å². The number of likely N-dealkylation sites (N-methyl/N-ethyl adjacent to an activating group) is 1. The van der Waals surface area contributed by atoms with Gasteiger partial charge in [-0.25, -0.2) is 0 Å². The van der Waals surface area contributed by atoms with Crippen LogP contribution in [0.15, 0.2) is 18.2 Å². The van der Waals surface area contributed by atoms with Crippen molar-refractivity contribution in [3.63, 3.8) is 0 Å². The van der Waals surface area contributed by atoms with E-state index in [0.717, 1.165) is 31.4 Å². The van der Waals surface area contributed by atoms with Gasteiger partial charge in [0.15, 0.2) is 0 Å². The van der Waals surface area contributed by atoms with E-state index in [1.54, 1.807) is 0 Å². The van der Waals surface area contributed by atoms with Gasteiger partial charge in [-0.1, -0.05) is 6.07 Å². The van der Waals surface area contributed by atoms with E-state index in [-0.39, 0.29) is 0 Å². The average Bonchev–Trinajstić information content (AvgIpc) is 3.38. The van der Waals surface area contributed by atoms with E-state index in [1.807, 2.05) is 0 Å². The predicted molar refractivity (Wildman–Crippen MR) is 101 cm³/mol. The summed E-state index contributed by atoms with van der Waals surface area (Å²) in [6.45, 7) is 7.38. The van der Waals surface area contributed by atoms with Crippen molar-refractivity contribution < 1.29 is 4.74 Å². The first-order valence-corrected chi connectivity index (χ1v) is 10.1. The highest BCUT2D eigenvalue weighted by Crippen LogP contribution is 2.41. The number of nitrogens with zero attached hydrogens (tertiary/aromatic N) is 3. The third-order valence-corrected chi connectivity index (χ3v) is 6.72. The summed E-state index contributed by atoms with van der Waals surface area (Å²) in [5.74, 6) is 0.874. The Balaban J connectivity index is 1.27. The Morgan fingerprint density at radius 1 is 1.12 bits per heavy atom. The molecule has 0 bridgehead atoms. The smallest absolute Gasteiger partial charge is 0.0622 e. The van der Waals surface area contributed by atoms with Crippen LogP contribution in [0.1, 0.15) is 49.9 Å². The Bertz CT molecular complexity index is 578. The zero-order valence-electron chi connectivity index (χ0n) is 15.9. The second-order valence-electron chi connectivity index (χ2n) is 8.56. The number of pyridine rings is 1. The summed E-state index contributed by atoms with van der Waals surface area (Å²) in [4.78, 5) is 9.92. The second-order valence-corrected chi connectivity index (χ2v) is 8.56. The minimum Gasteiger partial charge on any atom is -0.380 e. The summed E-state index contributed by atoms with van der Waals surface area (Å²) in [7, 11) is 2.34. The van der Waals surface area contributed by atoms with Crippen LogP contribution in [0, 0.1) is 12.8 Å². The third-order valence-electron chi connectivity index (χ3n) is 6.72. The first-order chi connectivity index (χ1) is 12.1. The molecular weight excluding hydrogens is 310 g/mol. The Hall–Kier alpha value is -0.970. The fraction of sp³-hybridized carbons (Fsp3) is 0.762. The van der Waals surface area contributed by atoms with Gasteiger partial charge < -0.3 is 4.74 Å². The minimum atomic E-state index is 0.421. The van der Waals surface area contributed by atoms with Gasteiger partial charge in [0.1, 0.15) is 0 Å². The highest BCUT2D eigenvalue weighted by Gasteiger charge is 2.45. The van der Waals surface area contributed by atoms with Gasteiger partial charge in [-0.2, -0.15) is 0 Å². The lowest BCUT2D eigenvalue weighted by molar-refractivity contribution is 0.0160. The molecule has 1 aromatic heterocycles. The van der Waals surface area contributed by atoms with Crippen molar-refractivity contribution in [2.24, 2.45) is 5.92 Å². The van der Waals surface area contributed by atoms with Crippen molar-refractivity contribution in [2.75, 3.05) is 33.4 Å². The Morgan fingerprint density at radius 3 is 2.64 bits per heavy atom. The molecule has 4 heteroatoms. The Kier molecular flexibility index (Phi) is 5.12. The van der Waals surface area contributed by atoms with Crippen LogP contribution in [-0.2, 0) is 11.3 Å². The third kappa shape index (κ3) is 4.07. The van der Waals surface area contributed by atoms with Gasteiger partial charge >= 0.3 is 0 Å². The van der Waals surface area contributed by atoms with Crippen molar-refractivity contribution in [1.29, 1.82) is 0 Å². The van der Waals surface area contributed by atoms with Gasteiger partial charge in [0.2, 0.25) is 0 Å². The molecule has 1 unspecified atom stereocenters. The van der Waals surface area contributed by atoms with Crippen molar-refractivity contribution >= 4 is 0 Å². The van der Waals surface area contributed by atoms with E-state index in [2.05, 4.69) is 47.0 Å². The van der Waals surface area contributed by atoms with Crippen LogP contribution < -0.4 is 0 Å². The number of piperidine rings is 1. The van der Waals surface area contributed by atoms with E-state index in [1.165, 1.54) is 57.3 Å². The highest BCUT2D eigenvalue weighted by atomic mass is 16.5. The van der Waals surface area contributed by atoms with Gasteiger partial charge in [-0.3, -0.25) is 14.8 Å². The van der Waals surface area contributed by atoms with Crippen LogP contribution in [0.4, 0.5) is 0 Å². The molecule has 1 aromatic rings. The number of rotatable bonds is 6. The zero-order chi connectivity index (χ0) is 17.3. The van der Waals surface area contributed by atoms with E-state index in [4.69, 9.17) is 4.74 Å². The topological polar surface area (TPSA) is 28.6 Å². The van der Waals surface area contributed by atoms with E-state index >= 15 is 0 Å². The number of hydrogen-bond donors (Lipinski definition) is 0. The van der Waals surface area contributed by atoms with Crippen molar-refractivity contribution in [2.45, 2.75) is 63.6 Å². The van der Waals surface area contributed by atoms with E-state index in [0.29, 0.717) is 11.6 Å². The molecule has 0 amide bonds. The molecule has 2 saturated heterocycles. The Morgan fingerprint density at radius 2 is 1.92 bits per heavy atom. The van der Waals surface area contributed by atoms with Crippen LogP contribution >= 0.6 is 0 Å². The molecule has 1 saturated carbocycles. The summed E-state index contributed by atoms with van der Waals surface area (Å²) in [6.07, 6.45) is 7.99. The molecule has 3 heterocycles. The summed E-state index contributed by atoms with van der Waals surface area (Å²) in [6, 6.07) is 6.99. The molecule has 3 aliphatic rings. The molecule has 4 nitrogen and oxygen atoms in total. The molecule has 2 aliphatic heterocycles. The van der Waals surface area contributed by atoms with Crippen molar-refractivity contribution in [3.8, 4) is 0 Å². The van der Waals surface area contributed by atoms with Crippen molar-refractivity contribution in [1.82, 2.24) is 14.8 Å². The minimum absolute atomic E-state index is 0.421. The largest absolute Gasteiger partial charge is 0.380 e. The Labute approximate surface area is 152 Å². The number of aromatic nitrogens is 1. The molecule has 3 fully saturated rings. The summed E-state index contributed by atoms with van der Waals surface area (Å²) in [5, 5.41) is 0. The lowest BCUT2D eigenvalue weighted by Crippen LogP contribution is -2.52. The summed E-state index contributed by atoms with van der Waals surface area (Å²) in [5.41, 5.74) is 2.75. The van der Waals surface area contributed by atoms with Crippen molar-refractivity contribution in [3.05, 3.63) is 29.6 Å². The summed E-state index contributed by atoms with van der Waals surface area (Å²) < 4.78 is 6.00. The lowest BCUT2D eigenvalue weighted by Gasteiger charge is -2.45. The number of likely N-dealkylation sites (tertiary alicyclic amines) is 2. The molecule has 0 N–H and O–H groups in total. The maximum absolute atomic E-state index is 6.00. The quantitative estimate of drug-likeness (QED) is 0.793. The first-order valence-electron chi connectivity index (χ1n) is 10.1. The lowest BCUT2D eigenvalue weighted by atomic mass is 9.85. The first kappa shape index (κ1) is 17.4. The van der Waals surface area contributed by atoms with Crippen LogP contribution in [0.3, 0.4) is 0 Å². The molecule has 25 heavy (non-hydrogen) atoms. The fourth-order valence-corrected chi connectivity index (χ4v) is 4.69. The standard InChI is InChI=1S/C21H33N3O/c1-17-4-3-5-19(22-17)14-24-12-10-21(11-13-24)9-8-20(23(21)2)16-25-15-18-6-7-18/h3-5,18,20H,6-16H2,1-2H3. The molecule has 4 rings (SSSR count). The van der Waals surface area contributed by atoms with E-state index in [9.17, 15) is 0 Å². The molecule has 1 atom stereocenters. The van der Waals surface area contributed by atoms with E-state index < -0.39 is 0 Å². The molecule has 0 aromatic carbocycles. The van der Waals surface area contributed by atoms with Gasteiger partial charge in [-0.15, -0.1) is 0 Å². The number of aryl methyl sites for hydroxylation is 1. The van der Waals surface area contributed by atoms with Gasteiger partial charge in [-0.05, 0) is 70.5 Å². The van der Waals surface area contributed by atoms with Crippen LogP contribution in [0.5, 0.6) is 0 Å². The molecule has 1 aliphatic carbocycles. The van der Waals surface area contributed by atoms with Crippen LogP contribution in [0.25, 0.3) is 0 Å². The molecule has 0 radical (unpaired) electrons. The molecule has 1 spiro atoms. The van der Waals surface area contributed by atoms with Gasteiger partial charge in [0, 0.05) is 43.5 Å². The maximum Gasteiger partial charge on any atom is 0.0622 e. The predicted octanol–water partition coefficient (Wildman–Crippen LogP) is 3.25. The normalized spacial score (nSPS) is 27.2. The molecule has 138 valence electrons. The number of hydrogen-bond acceptors (Lipinski definition) is 4. The second kappa shape index (κ2) is 7.34.